The van der Waals surface area contributed by atoms with Crippen LogP contribution in [0.15, 0.2) is 24.3 Å². The lowest BCUT2D eigenvalue weighted by atomic mass is 9.74. The quantitative estimate of drug-likeness (QED) is 0.281. The van der Waals surface area contributed by atoms with Crippen LogP contribution in [0.4, 0.5) is 4.79 Å². The number of primary amides is 1. The molecule has 3 rings (SSSR count). The third kappa shape index (κ3) is 7.67. The molecular weight excluding hydrogens is 456 g/mol. The van der Waals surface area contributed by atoms with Gasteiger partial charge in [0.2, 0.25) is 5.91 Å². The molecule has 1 saturated carbocycles. The topological polar surface area (TPSA) is 128 Å². The van der Waals surface area contributed by atoms with Crippen LogP contribution in [0, 0.1) is 11.8 Å². The van der Waals surface area contributed by atoms with Gasteiger partial charge < -0.3 is 31.5 Å². The number of nitrogens with one attached hydrogen (secondary N) is 2. The van der Waals surface area contributed by atoms with Gasteiger partial charge in [0.25, 0.3) is 0 Å². The molecule has 0 aromatic heterocycles. The average molecular weight is 503 g/mol. The molecule has 0 spiro atoms. The van der Waals surface area contributed by atoms with Crippen molar-refractivity contribution in [1.82, 2.24) is 15.5 Å². The maximum Gasteiger partial charge on any atom is 0.317 e. The molecule has 1 aromatic carbocycles. The molecule has 202 valence electrons. The van der Waals surface area contributed by atoms with E-state index in [9.17, 15) is 19.8 Å². The summed E-state index contributed by atoms with van der Waals surface area (Å²) in [5.41, 5.74) is 5.29. The van der Waals surface area contributed by atoms with Gasteiger partial charge in [-0.3, -0.25) is 4.79 Å². The zero-order valence-electron chi connectivity index (χ0n) is 21.9. The summed E-state index contributed by atoms with van der Waals surface area (Å²) in [7, 11) is 1.92. The minimum Gasteiger partial charge on any atom is -0.396 e. The van der Waals surface area contributed by atoms with Gasteiger partial charge in [0.15, 0.2) is 0 Å². The summed E-state index contributed by atoms with van der Waals surface area (Å²) in [4.78, 5) is 27.0. The Morgan fingerprint density at radius 3 is 2.64 bits per heavy atom. The Balaban J connectivity index is 1.72. The van der Waals surface area contributed by atoms with E-state index in [0.717, 1.165) is 25.8 Å². The maximum absolute atomic E-state index is 13.3. The van der Waals surface area contributed by atoms with Crippen molar-refractivity contribution < 1.29 is 19.8 Å². The van der Waals surface area contributed by atoms with Crippen molar-refractivity contribution in [3.63, 3.8) is 0 Å². The fourth-order valence-electron chi connectivity index (χ4n) is 6.11. The predicted octanol–water partition coefficient (Wildman–Crippen LogP) is 3.12. The van der Waals surface area contributed by atoms with Gasteiger partial charge in [-0.25, -0.2) is 4.79 Å². The van der Waals surface area contributed by atoms with Gasteiger partial charge in [0.1, 0.15) is 0 Å². The number of hydrogen-bond acceptors (Lipinski definition) is 5. The smallest absolute Gasteiger partial charge is 0.317 e. The Kier molecular flexibility index (Phi) is 11.0. The summed E-state index contributed by atoms with van der Waals surface area (Å²) in [6, 6.07) is 6.91. The summed E-state index contributed by atoms with van der Waals surface area (Å²) in [6.07, 6.45) is 10.6. The minimum absolute atomic E-state index is 0.0600. The number of aliphatic hydroxyl groups excluding tert-OH is 1. The molecule has 3 amide bonds. The van der Waals surface area contributed by atoms with E-state index in [1.807, 2.05) is 18.0 Å². The van der Waals surface area contributed by atoms with E-state index < -0.39 is 11.5 Å². The maximum atomic E-state index is 13.3. The van der Waals surface area contributed by atoms with Crippen LogP contribution in [-0.4, -0.2) is 66.4 Å². The Hall–Kier alpha value is -2.16. The zero-order valence-corrected chi connectivity index (χ0v) is 21.9. The van der Waals surface area contributed by atoms with Crippen molar-refractivity contribution in [2.75, 3.05) is 33.3 Å². The van der Waals surface area contributed by atoms with E-state index in [2.05, 4.69) is 10.6 Å². The Morgan fingerprint density at radius 1 is 1.17 bits per heavy atom. The number of benzene rings is 1. The van der Waals surface area contributed by atoms with Crippen LogP contribution in [-0.2, 0) is 5.60 Å². The van der Waals surface area contributed by atoms with Crippen molar-refractivity contribution in [2.24, 2.45) is 17.6 Å². The number of carbonyl (C=O) groups is 2. The molecule has 8 heteroatoms. The Bertz CT molecular complexity index is 845. The van der Waals surface area contributed by atoms with E-state index >= 15 is 0 Å². The molecule has 0 bridgehead atoms. The molecule has 1 aliphatic carbocycles. The molecule has 8 nitrogen and oxygen atoms in total. The largest absolute Gasteiger partial charge is 0.396 e. The van der Waals surface area contributed by atoms with Gasteiger partial charge in [-0.1, -0.05) is 44.2 Å². The fraction of sp³-hybridized carbons (Fsp3) is 0.714. The minimum atomic E-state index is -1.22. The molecule has 1 aliphatic heterocycles. The first-order chi connectivity index (χ1) is 17.4. The van der Waals surface area contributed by atoms with Crippen molar-refractivity contribution in [2.45, 2.75) is 82.3 Å². The second-order valence-corrected chi connectivity index (χ2v) is 10.8. The Labute approximate surface area is 216 Å². The number of rotatable bonds is 12. The van der Waals surface area contributed by atoms with Crippen molar-refractivity contribution in [1.29, 1.82) is 0 Å². The third-order valence-corrected chi connectivity index (χ3v) is 8.12. The van der Waals surface area contributed by atoms with Crippen molar-refractivity contribution in [3.8, 4) is 0 Å². The van der Waals surface area contributed by atoms with Crippen LogP contribution in [0.3, 0.4) is 0 Å². The molecule has 2 fully saturated rings. The van der Waals surface area contributed by atoms with E-state index in [0.29, 0.717) is 49.4 Å². The third-order valence-electron chi connectivity index (χ3n) is 8.12. The number of aliphatic hydroxyl groups is 2. The molecule has 3 atom stereocenters. The highest BCUT2D eigenvalue weighted by atomic mass is 16.3. The van der Waals surface area contributed by atoms with Crippen LogP contribution in [0.25, 0.3) is 0 Å². The zero-order chi connectivity index (χ0) is 26.0. The summed E-state index contributed by atoms with van der Waals surface area (Å²) in [5.74, 6) is -0.0479. The number of likely N-dealkylation sites (N-methyl/N-ethyl adjacent to an activating group) is 1. The number of likely N-dealkylation sites (tertiary alicyclic amines) is 1. The Morgan fingerprint density at radius 2 is 1.94 bits per heavy atom. The van der Waals surface area contributed by atoms with Gasteiger partial charge in [-0.2, -0.15) is 0 Å². The van der Waals surface area contributed by atoms with Gasteiger partial charge in [0.05, 0.1) is 5.60 Å². The molecule has 0 unspecified atom stereocenters. The van der Waals surface area contributed by atoms with Crippen LogP contribution in [0.5, 0.6) is 0 Å². The fourth-order valence-corrected chi connectivity index (χ4v) is 6.11. The number of nitrogens with zero attached hydrogens (tertiary/aromatic N) is 1. The molecular formula is C28H46N4O4. The van der Waals surface area contributed by atoms with Crippen molar-refractivity contribution in [3.05, 3.63) is 35.4 Å². The number of piperidine rings is 1. The van der Waals surface area contributed by atoms with Crippen molar-refractivity contribution >= 4 is 11.9 Å². The molecule has 6 N–H and O–H groups in total. The molecule has 1 aromatic rings. The number of hydrogen-bond donors (Lipinski definition) is 5. The summed E-state index contributed by atoms with van der Waals surface area (Å²) in [6.45, 7) is 1.90. The standard InChI is InChI=1S/C28H46N4O4/c1-30-19-25(17-21-9-3-2-4-10-21)31-27(35)32-15-8-13-24(20-32)28(36,14-5-6-16-33)23-12-7-11-22(18-23)26(29)34/h7,11-12,18,21,24-25,30,33,36H,2-6,8-10,13-17,19-20H2,1H3,(H2,29,34)(H,31,35)/t24-,25+,28-/m1/s1. The second kappa shape index (κ2) is 14.0. The van der Waals surface area contributed by atoms with E-state index in [4.69, 9.17) is 5.73 Å². The number of nitrogens with two attached hydrogens (primary N) is 1. The highest BCUT2D eigenvalue weighted by molar-refractivity contribution is 5.92. The molecule has 1 saturated heterocycles. The normalized spacial score (nSPS) is 21.5. The van der Waals surface area contributed by atoms with E-state index in [-0.39, 0.29) is 24.6 Å². The molecule has 0 radical (unpaired) electrons. The monoisotopic (exact) mass is 502 g/mol. The van der Waals surface area contributed by atoms with E-state index in [1.165, 1.54) is 32.1 Å². The summed E-state index contributed by atoms with van der Waals surface area (Å²) >= 11 is 0. The lowest BCUT2D eigenvalue weighted by molar-refractivity contribution is -0.0562. The lowest BCUT2D eigenvalue weighted by Gasteiger charge is -2.43. The van der Waals surface area contributed by atoms with Gasteiger partial charge in [0, 0.05) is 43.8 Å². The van der Waals surface area contributed by atoms with Crippen LogP contribution >= 0.6 is 0 Å². The molecule has 1 heterocycles. The molecule has 36 heavy (non-hydrogen) atoms. The second-order valence-electron chi connectivity index (χ2n) is 10.8. The first kappa shape index (κ1) is 28.4. The number of carbonyl (C=O) groups excluding carboxylic acids is 2. The van der Waals surface area contributed by atoms with Gasteiger partial charge in [-0.15, -0.1) is 0 Å². The van der Waals surface area contributed by atoms with Crippen LogP contribution in [0.1, 0.15) is 86.6 Å². The highest BCUT2D eigenvalue weighted by Gasteiger charge is 2.41. The number of urea groups is 1. The van der Waals surface area contributed by atoms with Gasteiger partial charge >= 0.3 is 6.03 Å². The lowest BCUT2D eigenvalue weighted by Crippen LogP contribution is -2.54. The summed E-state index contributed by atoms with van der Waals surface area (Å²) in [5, 5.41) is 27.8. The highest BCUT2D eigenvalue weighted by Crippen LogP contribution is 2.40. The van der Waals surface area contributed by atoms with Gasteiger partial charge in [-0.05, 0) is 69.2 Å². The molecule has 2 aliphatic rings. The SMILES string of the molecule is CNC[C@H](CC1CCCCC1)NC(=O)N1CCC[C@@H]([C@@](O)(CCCCO)c2cccc(C(N)=O)c2)C1. The predicted molar refractivity (Wildman–Crippen MR) is 142 cm³/mol. The first-order valence-electron chi connectivity index (χ1n) is 13.8. The van der Waals surface area contributed by atoms with Crippen LogP contribution in [0.2, 0.25) is 0 Å². The number of unbranched alkanes of at least 4 members (excludes halogenated alkanes) is 1. The first-order valence-corrected chi connectivity index (χ1v) is 13.8. The van der Waals surface area contributed by atoms with Crippen LogP contribution < -0.4 is 16.4 Å². The summed E-state index contributed by atoms with van der Waals surface area (Å²) < 4.78 is 0. The van der Waals surface area contributed by atoms with E-state index in [1.54, 1.807) is 18.2 Å². The average Bonchev–Trinajstić information content (AvgIpc) is 2.89. The number of amides is 3.